The van der Waals surface area contributed by atoms with Crippen molar-refractivity contribution in [1.29, 1.82) is 4.78 Å². The molecule has 1 aromatic carbocycles. The number of thiophene rings is 1. The van der Waals surface area contributed by atoms with Crippen LogP contribution in [0.2, 0.25) is 0 Å². The zero-order valence-electron chi connectivity index (χ0n) is 15.5. The number of anilines is 2. The lowest BCUT2D eigenvalue weighted by atomic mass is 10.3. The van der Waals surface area contributed by atoms with Crippen molar-refractivity contribution in [1.82, 2.24) is 9.97 Å². The quantitative estimate of drug-likeness (QED) is 0.395. The van der Waals surface area contributed by atoms with Crippen LogP contribution in [0.1, 0.15) is 22.5 Å². The smallest absolute Gasteiger partial charge is 0.265 e. The number of hydrogen-bond acceptors (Lipinski definition) is 8. The Morgan fingerprint density at radius 3 is 2.59 bits per heavy atom. The third-order valence-corrected chi connectivity index (χ3v) is 7.08. The lowest BCUT2D eigenvalue weighted by Crippen LogP contribution is -2.19. The maximum atomic E-state index is 12.7. The van der Waals surface area contributed by atoms with Crippen molar-refractivity contribution in [2.24, 2.45) is 0 Å². The number of carbonyl (C=O) groups excluding carboxylic acids is 1. The van der Waals surface area contributed by atoms with Gasteiger partial charge in [0.2, 0.25) is 0 Å². The summed E-state index contributed by atoms with van der Waals surface area (Å²) in [6.45, 7) is 1.90. The van der Waals surface area contributed by atoms with Crippen LogP contribution < -0.4 is 10.2 Å². The van der Waals surface area contributed by atoms with Gasteiger partial charge in [-0.1, -0.05) is 11.8 Å². The Balaban J connectivity index is 1.63. The topological polar surface area (TPSA) is 119 Å². The summed E-state index contributed by atoms with van der Waals surface area (Å²) in [5, 5.41) is 4.35. The Labute approximate surface area is 176 Å². The third kappa shape index (κ3) is 4.22. The molecule has 1 aliphatic rings. The number of rotatable bonds is 5. The summed E-state index contributed by atoms with van der Waals surface area (Å²) in [5.41, 5.74) is 0.482. The molecular formula is C18H19N5O3S3. The molecule has 8 nitrogen and oxygen atoms in total. The highest BCUT2D eigenvalue weighted by Gasteiger charge is 2.21. The van der Waals surface area contributed by atoms with Gasteiger partial charge in [-0.05, 0) is 49.4 Å². The van der Waals surface area contributed by atoms with Gasteiger partial charge in [-0.25, -0.2) is 19.0 Å². The number of fused-ring (bicyclic) bond motifs is 1. The molecule has 1 atom stereocenters. The SMILES string of the molecule is CSc1nc(N2CCCC2)c2cc(C(=O)Nc3ccc(S(=N)(=O)O)cc3)sc2n1. The number of nitrogens with one attached hydrogen (secondary N) is 2. The first-order valence-corrected chi connectivity index (χ1v) is 12.4. The second kappa shape index (κ2) is 7.90. The van der Waals surface area contributed by atoms with E-state index >= 15 is 0 Å². The fourth-order valence-corrected chi connectivity index (χ4v) is 5.02. The molecule has 0 bridgehead atoms. The first-order valence-electron chi connectivity index (χ1n) is 8.88. The van der Waals surface area contributed by atoms with Crippen molar-refractivity contribution in [3.63, 3.8) is 0 Å². The first kappa shape index (κ1) is 20.1. The van der Waals surface area contributed by atoms with Crippen molar-refractivity contribution >= 4 is 60.7 Å². The Hall–Kier alpha value is -2.21. The van der Waals surface area contributed by atoms with Crippen LogP contribution in [0.4, 0.5) is 11.5 Å². The minimum absolute atomic E-state index is 0.00696. The molecule has 3 aromatic rings. The molecule has 29 heavy (non-hydrogen) atoms. The largest absolute Gasteiger partial charge is 0.356 e. The van der Waals surface area contributed by atoms with Crippen LogP contribution in [-0.2, 0) is 10.0 Å². The summed E-state index contributed by atoms with van der Waals surface area (Å²) < 4.78 is 27.8. The van der Waals surface area contributed by atoms with Gasteiger partial charge in [-0.15, -0.1) is 11.3 Å². The highest BCUT2D eigenvalue weighted by atomic mass is 32.2. The third-order valence-electron chi connectivity index (χ3n) is 4.60. The van der Waals surface area contributed by atoms with Crippen LogP contribution in [0.25, 0.3) is 10.2 Å². The highest BCUT2D eigenvalue weighted by Crippen LogP contribution is 2.34. The molecule has 1 fully saturated rings. The van der Waals surface area contributed by atoms with Crippen LogP contribution in [0.15, 0.2) is 40.4 Å². The minimum atomic E-state index is -3.77. The molecule has 2 aromatic heterocycles. The normalized spacial score (nSPS) is 16.1. The summed E-state index contributed by atoms with van der Waals surface area (Å²) >= 11 is 2.79. The van der Waals surface area contributed by atoms with E-state index < -0.39 is 10.0 Å². The summed E-state index contributed by atoms with van der Waals surface area (Å²) in [6, 6.07) is 7.56. The zero-order valence-corrected chi connectivity index (χ0v) is 18.0. The van der Waals surface area contributed by atoms with Crippen molar-refractivity contribution in [3.05, 3.63) is 35.2 Å². The molecule has 4 rings (SSSR count). The van der Waals surface area contributed by atoms with E-state index in [1.165, 1.54) is 47.4 Å². The highest BCUT2D eigenvalue weighted by molar-refractivity contribution is 7.98. The van der Waals surface area contributed by atoms with E-state index in [0.717, 1.165) is 42.0 Å². The molecule has 0 spiro atoms. The minimum Gasteiger partial charge on any atom is -0.356 e. The van der Waals surface area contributed by atoms with E-state index in [9.17, 15) is 13.6 Å². The summed E-state index contributed by atoms with van der Waals surface area (Å²) in [6.07, 6.45) is 4.19. The molecule has 1 aliphatic heterocycles. The summed E-state index contributed by atoms with van der Waals surface area (Å²) in [7, 11) is -3.77. The molecule has 0 aliphatic carbocycles. The zero-order chi connectivity index (χ0) is 20.6. The lowest BCUT2D eigenvalue weighted by molar-refractivity contribution is 0.103. The molecule has 0 saturated carbocycles. The number of carbonyl (C=O) groups is 1. The van der Waals surface area contributed by atoms with Crippen LogP contribution in [-0.4, -0.2) is 44.0 Å². The Morgan fingerprint density at radius 2 is 1.97 bits per heavy atom. The van der Waals surface area contributed by atoms with Crippen molar-refractivity contribution in [3.8, 4) is 0 Å². The molecule has 152 valence electrons. The summed E-state index contributed by atoms with van der Waals surface area (Å²) in [4.78, 5) is 25.5. The Bertz CT molecular complexity index is 1170. The number of thioether (sulfide) groups is 1. The van der Waals surface area contributed by atoms with Gasteiger partial charge in [0, 0.05) is 18.8 Å². The molecule has 1 saturated heterocycles. The number of nitrogens with zero attached hydrogens (tertiary/aromatic N) is 3. The van der Waals surface area contributed by atoms with Gasteiger partial charge in [-0.2, -0.15) is 0 Å². The molecule has 0 radical (unpaired) electrons. The predicted molar refractivity (Wildman–Crippen MR) is 117 cm³/mol. The van der Waals surface area contributed by atoms with Gasteiger partial charge in [0.1, 0.15) is 10.6 Å². The van der Waals surface area contributed by atoms with Crippen molar-refractivity contribution in [2.75, 3.05) is 29.6 Å². The van der Waals surface area contributed by atoms with Crippen LogP contribution in [0, 0.1) is 4.78 Å². The van der Waals surface area contributed by atoms with E-state index in [1.54, 1.807) is 0 Å². The first-order chi connectivity index (χ1) is 13.8. The number of hydrogen-bond donors (Lipinski definition) is 3. The second-order valence-electron chi connectivity index (χ2n) is 6.56. The van der Waals surface area contributed by atoms with E-state index in [1.807, 2.05) is 12.3 Å². The predicted octanol–water partition coefficient (Wildman–Crippen LogP) is 4.14. The summed E-state index contributed by atoms with van der Waals surface area (Å²) in [5.74, 6) is 0.596. The van der Waals surface area contributed by atoms with Crippen LogP contribution >= 0.6 is 23.1 Å². The molecule has 11 heteroatoms. The van der Waals surface area contributed by atoms with E-state index in [4.69, 9.17) is 4.78 Å². The fraction of sp³-hybridized carbons (Fsp3) is 0.278. The van der Waals surface area contributed by atoms with E-state index in [-0.39, 0.29) is 10.8 Å². The van der Waals surface area contributed by atoms with Crippen molar-refractivity contribution < 1.29 is 13.6 Å². The molecule has 3 heterocycles. The maximum absolute atomic E-state index is 12.7. The number of aromatic nitrogens is 2. The van der Waals surface area contributed by atoms with Gasteiger partial charge < -0.3 is 10.2 Å². The lowest BCUT2D eigenvalue weighted by Gasteiger charge is -2.17. The number of benzene rings is 1. The second-order valence-corrected chi connectivity index (χ2v) is 9.89. The fourth-order valence-electron chi connectivity index (χ4n) is 3.18. The Kier molecular flexibility index (Phi) is 5.47. The van der Waals surface area contributed by atoms with E-state index in [2.05, 4.69) is 20.2 Å². The van der Waals surface area contributed by atoms with Crippen LogP contribution in [0.5, 0.6) is 0 Å². The molecular weight excluding hydrogens is 430 g/mol. The Morgan fingerprint density at radius 1 is 1.28 bits per heavy atom. The molecule has 3 N–H and O–H groups in total. The standard InChI is InChI=1S/C18H19N5O3S3/c1-27-18-21-15(23-8-2-3-9-23)13-10-14(28-17(13)22-18)16(24)20-11-4-6-12(7-5-11)29(19,25)26/h4-7,10H,2-3,8-9H2,1H3,(H,20,24)(H2,19,25,26). The van der Waals surface area contributed by atoms with Crippen molar-refractivity contribution in [2.45, 2.75) is 22.9 Å². The monoisotopic (exact) mass is 449 g/mol. The molecule has 1 unspecified atom stereocenters. The molecule has 1 amide bonds. The average Bonchev–Trinajstić information content (AvgIpc) is 3.36. The maximum Gasteiger partial charge on any atom is 0.265 e. The van der Waals surface area contributed by atoms with Gasteiger partial charge in [0.15, 0.2) is 15.2 Å². The van der Waals surface area contributed by atoms with Gasteiger partial charge in [0.25, 0.3) is 5.91 Å². The van der Waals surface area contributed by atoms with Gasteiger partial charge >= 0.3 is 0 Å². The van der Waals surface area contributed by atoms with E-state index in [0.29, 0.717) is 15.7 Å². The average molecular weight is 450 g/mol. The van der Waals surface area contributed by atoms with Crippen LogP contribution in [0.3, 0.4) is 0 Å². The number of amides is 1. The van der Waals surface area contributed by atoms with Gasteiger partial charge in [0.05, 0.1) is 15.2 Å². The van der Waals surface area contributed by atoms with Gasteiger partial charge in [-0.3, -0.25) is 9.35 Å².